The molecule has 3 rings (SSSR count). The second-order valence-corrected chi connectivity index (χ2v) is 7.39. The van der Waals surface area contributed by atoms with Crippen LogP contribution in [0.15, 0.2) is 23.2 Å². The first-order valence-electron chi connectivity index (χ1n) is 8.97. The average Bonchev–Trinajstić information content (AvgIpc) is 2.82. The molecule has 2 aromatic rings. The van der Waals surface area contributed by atoms with Crippen LogP contribution >= 0.6 is 47.2 Å². The number of nitrogens with zero attached hydrogens (tertiary/aromatic N) is 4. The highest BCUT2D eigenvalue weighted by atomic mass is 127. The monoisotopic (exact) mass is 522 g/mol. The minimum Gasteiger partial charge on any atom is -0.370 e. The number of hydrogen-bond acceptors (Lipinski definition) is 3. The van der Waals surface area contributed by atoms with Gasteiger partial charge >= 0.3 is 0 Å². The van der Waals surface area contributed by atoms with Crippen LogP contribution in [0.1, 0.15) is 49.4 Å². The number of rotatable bonds is 5. The highest BCUT2D eigenvalue weighted by molar-refractivity contribution is 14.0. The SMILES string of the molecule is CC(NC(N)=NCCc1nnc2n1CCCCC2)c1ccc(Cl)cc1Cl.I. The van der Waals surface area contributed by atoms with Crippen molar-refractivity contribution in [3.05, 3.63) is 45.5 Å². The number of hydrogen-bond donors (Lipinski definition) is 2. The fourth-order valence-electron chi connectivity index (χ4n) is 3.20. The van der Waals surface area contributed by atoms with E-state index in [2.05, 4.69) is 25.1 Å². The van der Waals surface area contributed by atoms with Crippen LogP contribution in [-0.2, 0) is 19.4 Å². The van der Waals surface area contributed by atoms with Crippen molar-refractivity contribution >= 4 is 53.1 Å². The summed E-state index contributed by atoms with van der Waals surface area (Å²) in [5.74, 6) is 2.48. The number of aromatic nitrogens is 3. The fraction of sp³-hybridized carbons (Fsp3) is 0.500. The van der Waals surface area contributed by atoms with E-state index in [0.717, 1.165) is 36.6 Å². The zero-order valence-electron chi connectivity index (χ0n) is 15.3. The van der Waals surface area contributed by atoms with Crippen molar-refractivity contribution in [1.82, 2.24) is 20.1 Å². The number of fused-ring (bicyclic) bond motifs is 1. The van der Waals surface area contributed by atoms with Crippen LogP contribution in [0.2, 0.25) is 10.0 Å². The third-order valence-electron chi connectivity index (χ3n) is 4.60. The van der Waals surface area contributed by atoms with E-state index in [9.17, 15) is 0 Å². The van der Waals surface area contributed by atoms with Gasteiger partial charge in [0.25, 0.3) is 0 Å². The molecule has 0 spiro atoms. The first-order valence-corrected chi connectivity index (χ1v) is 9.72. The molecule has 0 aliphatic carbocycles. The molecule has 1 aromatic carbocycles. The zero-order valence-corrected chi connectivity index (χ0v) is 19.1. The summed E-state index contributed by atoms with van der Waals surface area (Å²) in [7, 11) is 0. The molecule has 1 unspecified atom stereocenters. The van der Waals surface area contributed by atoms with E-state index in [1.165, 1.54) is 19.3 Å². The molecule has 0 bridgehead atoms. The molecule has 2 heterocycles. The van der Waals surface area contributed by atoms with Gasteiger partial charge in [-0.15, -0.1) is 34.2 Å². The Kier molecular flexibility index (Phi) is 8.62. The second kappa shape index (κ2) is 10.5. The van der Waals surface area contributed by atoms with E-state index in [0.29, 0.717) is 22.5 Å². The van der Waals surface area contributed by atoms with Crippen molar-refractivity contribution < 1.29 is 0 Å². The molecule has 6 nitrogen and oxygen atoms in total. The third kappa shape index (κ3) is 5.96. The number of aliphatic imine (C=N–C) groups is 1. The molecule has 3 N–H and O–H groups in total. The first-order chi connectivity index (χ1) is 12.5. The minimum absolute atomic E-state index is 0. The van der Waals surface area contributed by atoms with Gasteiger partial charge in [0.15, 0.2) is 5.96 Å². The molecule has 1 aromatic heterocycles. The van der Waals surface area contributed by atoms with E-state index in [4.69, 9.17) is 28.9 Å². The summed E-state index contributed by atoms with van der Waals surface area (Å²) in [4.78, 5) is 4.42. The first kappa shape index (κ1) is 22.2. The zero-order chi connectivity index (χ0) is 18.5. The molecule has 0 saturated heterocycles. The topological polar surface area (TPSA) is 81.1 Å². The summed E-state index contributed by atoms with van der Waals surface area (Å²) in [6, 6.07) is 5.36. The maximum Gasteiger partial charge on any atom is 0.189 e. The van der Waals surface area contributed by atoms with Gasteiger partial charge in [-0.1, -0.05) is 35.7 Å². The van der Waals surface area contributed by atoms with Crippen LogP contribution in [0.3, 0.4) is 0 Å². The van der Waals surface area contributed by atoms with Crippen molar-refractivity contribution in [2.75, 3.05) is 6.54 Å². The molecule has 1 aliphatic heterocycles. The Balaban J connectivity index is 0.00000261. The fourth-order valence-corrected chi connectivity index (χ4v) is 3.78. The second-order valence-electron chi connectivity index (χ2n) is 6.54. The standard InChI is InChI=1S/C18H24Cl2N6.HI/c1-12(14-7-6-13(19)11-15(14)20)23-18(21)22-9-8-17-25-24-16-5-3-2-4-10-26(16)17;/h6-7,11-12H,2-5,8-10H2,1H3,(H3,21,22,23);1H. The van der Waals surface area contributed by atoms with E-state index < -0.39 is 0 Å². The molecule has 1 aliphatic rings. The minimum atomic E-state index is -0.0621. The summed E-state index contributed by atoms with van der Waals surface area (Å²) in [6.07, 6.45) is 5.37. The van der Waals surface area contributed by atoms with E-state index in [-0.39, 0.29) is 30.0 Å². The van der Waals surface area contributed by atoms with Crippen molar-refractivity contribution in [1.29, 1.82) is 0 Å². The van der Waals surface area contributed by atoms with Gasteiger partial charge in [0.1, 0.15) is 11.6 Å². The Morgan fingerprint density at radius 1 is 1.30 bits per heavy atom. The van der Waals surface area contributed by atoms with Crippen LogP contribution in [0, 0.1) is 0 Å². The third-order valence-corrected chi connectivity index (χ3v) is 5.16. The van der Waals surface area contributed by atoms with Gasteiger partial charge in [-0.05, 0) is 37.5 Å². The van der Waals surface area contributed by atoms with Crippen LogP contribution in [0.4, 0.5) is 0 Å². The molecule has 0 saturated carbocycles. The summed E-state index contributed by atoms with van der Waals surface area (Å²) >= 11 is 12.2. The van der Waals surface area contributed by atoms with Crippen molar-refractivity contribution in [2.45, 2.75) is 51.6 Å². The normalized spacial score (nSPS) is 15.4. The molecule has 0 fully saturated rings. The van der Waals surface area contributed by atoms with Gasteiger partial charge in [0.05, 0.1) is 6.04 Å². The van der Waals surface area contributed by atoms with E-state index in [1.807, 2.05) is 19.1 Å². The smallest absolute Gasteiger partial charge is 0.189 e. The van der Waals surface area contributed by atoms with Crippen LogP contribution in [0.5, 0.6) is 0 Å². The molecule has 9 heteroatoms. The van der Waals surface area contributed by atoms with Gasteiger partial charge in [0.2, 0.25) is 0 Å². The number of nitrogens with one attached hydrogen (secondary N) is 1. The molecular formula is C18H25Cl2IN6. The number of guanidine groups is 1. The largest absolute Gasteiger partial charge is 0.370 e. The molecule has 0 radical (unpaired) electrons. The Morgan fingerprint density at radius 3 is 2.89 bits per heavy atom. The lowest BCUT2D eigenvalue weighted by atomic mass is 10.1. The predicted molar refractivity (Wildman–Crippen MR) is 121 cm³/mol. The number of nitrogens with two attached hydrogens (primary N) is 1. The van der Waals surface area contributed by atoms with Crippen LogP contribution < -0.4 is 11.1 Å². The molecule has 0 amide bonds. The Bertz CT molecular complexity index is 792. The summed E-state index contributed by atoms with van der Waals surface area (Å²) < 4.78 is 2.24. The lowest BCUT2D eigenvalue weighted by Crippen LogP contribution is -2.34. The van der Waals surface area contributed by atoms with Gasteiger partial charge in [-0.3, -0.25) is 4.99 Å². The highest BCUT2D eigenvalue weighted by Crippen LogP contribution is 2.25. The van der Waals surface area contributed by atoms with Gasteiger partial charge in [0, 0.05) is 36.0 Å². The number of aryl methyl sites for hydroxylation is 1. The number of benzene rings is 1. The quantitative estimate of drug-likeness (QED) is 0.351. The Hall–Kier alpha value is -1.06. The van der Waals surface area contributed by atoms with Crippen LogP contribution in [0.25, 0.3) is 0 Å². The Labute approximate surface area is 186 Å². The van der Waals surface area contributed by atoms with Gasteiger partial charge in [-0.2, -0.15) is 0 Å². The maximum absolute atomic E-state index is 6.24. The Morgan fingerprint density at radius 2 is 2.11 bits per heavy atom. The molecule has 1 atom stereocenters. The molecule has 148 valence electrons. The van der Waals surface area contributed by atoms with E-state index >= 15 is 0 Å². The number of halogens is 3. The van der Waals surface area contributed by atoms with E-state index in [1.54, 1.807) is 6.07 Å². The van der Waals surface area contributed by atoms with Crippen LogP contribution in [-0.4, -0.2) is 27.3 Å². The average molecular weight is 523 g/mol. The summed E-state index contributed by atoms with van der Waals surface area (Å²) in [5.41, 5.74) is 6.95. The predicted octanol–water partition coefficient (Wildman–Crippen LogP) is 4.14. The van der Waals surface area contributed by atoms with Gasteiger partial charge < -0.3 is 15.6 Å². The van der Waals surface area contributed by atoms with Crippen molar-refractivity contribution in [3.63, 3.8) is 0 Å². The lowest BCUT2D eigenvalue weighted by molar-refractivity contribution is 0.604. The highest BCUT2D eigenvalue weighted by Gasteiger charge is 2.14. The van der Waals surface area contributed by atoms with Crippen molar-refractivity contribution in [3.8, 4) is 0 Å². The maximum atomic E-state index is 6.24. The molecule has 27 heavy (non-hydrogen) atoms. The molecular weight excluding hydrogens is 498 g/mol. The lowest BCUT2D eigenvalue weighted by Gasteiger charge is -2.16. The summed E-state index contributed by atoms with van der Waals surface area (Å²) in [6.45, 7) is 3.55. The summed E-state index contributed by atoms with van der Waals surface area (Å²) in [5, 5.41) is 13.0. The van der Waals surface area contributed by atoms with Gasteiger partial charge in [-0.25, -0.2) is 0 Å². The van der Waals surface area contributed by atoms with Crippen molar-refractivity contribution in [2.24, 2.45) is 10.7 Å².